The molecule has 1 aromatic carbocycles. The molecule has 1 unspecified atom stereocenters. The van der Waals surface area contributed by atoms with Crippen molar-refractivity contribution in [2.75, 3.05) is 11.9 Å². The minimum absolute atomic E-state index is 0.127. The number of nitrogens with one attached hydrogen (secondary N) is 3. The van der Waals surface area contributed by atoms with Gasteiger partial charge in [-0.25, -0.2) is 4.98 Å². The molecule has 6 rings (SSSR count). The molecule has 1 saturated carbocycles. The van der Waals surface area contributed by atoms with Crippen molar-refractivity contribution in [3.05, 3.63) is 57.8 Å². The van der Waals surface area contributed by atoms with Crippen molar-refractivity contribution in [2.45, 2.75) is 100 Å². The van der Waals surface area contributed by atoms with Crippen LogP contribution in [-0.2, 0) is 19.7 Å². The molecule has 0 radical (unpaired) electrons. The van der Waals surface area contributed by atoms with E-state index in [4.69, 9.17) is 27.9 Å². The zero-order valence-corrected chi connectivity index (χ0v) is 25.2. The molecule has 0 bridgehead atoms. The lowest BCUT2D eigenvalue weighted by molar-refractivity contribution is -0.126. The number of fused-ring (bicyclic) bond motifs is 3. The number of benzene rings is 1. The van der Waals surface area contributed by atoms with Crippen LogP contribution in [0.25, 0.3) is 0 Å². The number of hydrogen-bond acceptors (Lipinski definition) is 6. The number of hydrogen-bond donors (Lipinski definition) is 4. The maximum absolute atomic E-state index is 14.5. The first-order valence-electron chi connectivity index (χ1n) is 14.6. The topological polar surface area (TPSA) is 113 Å². The Bertz CT molecular complexity index is 1350. The van der Waals surface area contributed by atoms with Crippen LogP contribution in [0.3, 0.4) is 0 Å². The summed E-state index contributed by atoms with van der Waals surface area (Å²) >= 11 is 12.8. The lowest BCUT2D eigenvalue weighted by Gasteiger charge is -2.50. The Labute approximate surface area is 250 Å². The van der Waals surface area contributed by atoms with E-state index in [0.717, 1.165) is 36.8 Å². The molecule has 10 heteroatoms. The van der Waals surface area contributed by atoms with E-state index in [2.05, 4.69) is 34.8 Å². The van der Waals surface area contributed by atoms with Crippen molar-refractivity contribution in [3.8, 4) is 0 Å². The average Bonchev–Trinajstić information content (AvgIpc) is 3.38. The Morgan fingerprint density at radius 2 is 1.90 bits per heavy atom. The van der Waals surface area contributed by atoms with Crippen LogP contribution in [0.2, 0.25) is 10.2 Å². The molecule has 1 aromatic heterocycles. The second-order valence-corrected chi connectivity index (χ2v) is 13.9. The van der Waals surface area contributed by atoms with E-state index in [9.17, 15) is 14.7 Å². The molecule has 220 valence electrons. The number of rotatable bonds is 4. The van der Waals surface area contributed by atoms with Crippen LogP contribution in [0, 0.1) is 5.41 Å². The molecular formula is C31H38Cl2N4O4. The Morgan fingerprint density at radius 3 is 2.56 bits per heavy atom. The molecule has 2 saturated heterocycles. The average molecular weight is 602 g/mol. The highest BCUT2D eigenvalue weighted by atomic mass is 35.5. The molecule has 8 nitrogen and oxygen atoms in total. The second kappa shape index (κ2) is 10.5. The fraction of sp³-hybridized carbons (Fsp3) is 0.581. The van der Waals surface area contributed by atoms with Crippen LogP contribution in [0.4, 0.5) is 5.69 Å². The number of halogens is 2. The highest BCUT2D eigenvalue weighted by Crippen LogP contribution is 2.63. The van der Waals surface area contributed by atoms with Crippen molar-refractivity contribution >= 4 is 40.7 Å². The van der Waals surface area contributed by atoms with Gasteiger partial charge in [0.15, 0.2) is 0 Å². The Kier molecular flexibility index (Phi) is 7.39. The number of amides is 2. The third-order valence-electron chi connectivity index (χ3n) is 10.0. The van der Waals surface area contributed by atoms with Crippen molar-refractivity contribution in [1.29, 1.82) is 0 Å². The van der Waals surface area contributed by atoms with Crippen LogP contribution in [0.15, 0.2) is 36.5 Å². The van der Waals surface area contributed by atoms with Gasteiger partial charge in [0.1, 0.15) is 10.6 Å². The Hall–Kier alpha value is -2.23. The summed E-state index contributed by atoms with van der Waals surface area (Å²) in [6.45, 7) is 6.57. The van der Waals surface area contributed by atoms with E-state index in [1.807, 2.05) is 18.2 Å². The summed E-state index contributed by atoms with van der Waals surface area (Å²) in [7, 11) is 0. The Balaban J connectivity index is 1.46. The summed E-state index contributed by atoms with van der Waals surface area (Å²) in [4.78, 5) is 33.0. The molecule has 1 aliphatic carbocycles. The van der Waals surface area contributed by atoms with Gasteiger partial charge in [-0.05, 0) is 86.3 Å². The number of carbonyl (C=O) groups excluding carboxylic acids is 2. The highest BCUT2D eigenvalue weighted by Gasteiger charge is 2.72. The third-order valence-corrected chi connectivity index (χ3v) is 10.5. The van der Waals surface area contributed by atoms with Gasteiger partial charge in [0, 0.05) is 28.4 Å². The first kappa shape index (κ1) is 28.9. The number of pyridine rings is 1. The molecule has 4 aliphatic rings. The number of carbonyl (C=O) groups is 2. The van der Waals surface area contributed by atoms with E-state index in [0.29, 0.717) is 35.3 Å². The smallest absolute Gasteiger partial charge is 0.238 e. The third kappa shape index (κ3) is 4.76. The van der Waals surface area contributed by atoms with Gasteiger partial charge in [0.05, 0.1) is 30.9 Å². The molecule has 3 fully saturated rings. The highest BCUT2D eigenvalue weighted by molar-refractivity contribution is 6.31. The van der Waals surface area contributed by atoms with E-state index < -0.39 is 29.0 Å². The molecule has 2 aromatic rings. The zero-order valence-electron chi connectivity index (χ0n) is 23.7. The summed E-state index contributed by atoms with van der Waals surface area (Å²) < 4.78 is 5.86. The van der Waals surface area contributed by atoms with Gasteiger partial charge in [-0.3, -0.25) is 14.9 Å². The van der Waals surface area contributed by atoms with Crippen molar-refractivity contribution < 1.29 is 19.4 Å². The Morgan fingerprint density at radius 1 is 1.15 bits per heavy atom. The predicted octanol–water partition coefficient (Wildman–Crippen LogP) is 4.72. The van der Waals surface area contributed by atoms with Gasteiger partial charge >= 0.3 is 0 Å². The summed E-state index contributed by atoms with van der Waals surface area (Å²) in [6.07, 6.45) is 5.48. The number of aliphatic hydroxyl groups excluding tert-OH is 1. The van der Waals surface area contributed by atoms with Crippen LogP contribution in [-0.4, -0.2) is 58.3 Å². The van der Waals surface area contributed by atoms with Crippen LogP contribution < -0.4 is 16.0 Å². The molecular weight excluding hydrogens is 563 g/mol. The minimum Gasteiger partial charge on any atom is -0.391 e. The van der Waals surface area contributed by atoms with Gasteiger partial charge < -0.3 is 20.5 Å². The quantitative estimate of drug-likeness (QED) is 0.378. The van der Waals surface area contributed by atoms with Crippen LogP contribution in [0.1, 0.15) is 76.3 Å². The SMILES string of the molecule is CC(O)[C@@H]1CC[C@@H](NC(=O)[C@@H]2NC3(CCC(C)(C)CC3)[C@@]3(C(=O)Nc4cc(Cl)ccc43)[C@H]2c2ccnc(Cl)c2)CO1. The summed E-state index contributed by atoms with van der Waals surface area (Å²) in [5.41, 5.74) is 0.705. The predicted molar refractivity (Wildman–Crippen MR) is 158 cm³/mol. The molecule has 4 N–H and O–H groups in total. The number of anilines is 1. The van der Waals surface area contributed by atoms with Gasteiger partial charge in [-0.1, -0.05) is 43.1 Å². The van der Waals surface area contributed by atoms with E-state index in [-0.39, 0.29) is 29.4 Å². The van der Waals surface area contributed by atoms with Gasteiger partial charge in [0.25, 0.3) is 0 Å². The van der Waals surface area contributed by atoms with Crippen molar-refractivity contribution in [1.82, 2.24) is 15.6 Å². The van der Waals surface area contributed by atoms with Crippen LogP contribution >= 0.6 is 23.2 Å². The number of aromatic nitrogens is 1. The van der Waals surface area contributed by atoms with E-state index in [1.54, 1.807) is 25.3 Å². The molecule has 3 aliphatic heterocycles. The van der Waals surface area contributed by atoms with E-state index >= 15 is 0 Å². The molecule has 2 amide bonds. The van der Waals surface area contributed by atoms with Crippen molar-refractivity contribution in [3.63, 3.8) is 0 Å². The summed E-state index contributed by atoms with van der Waals surface area (Å²) in [5.74, 6) is -0.860. The maximum Gasteiger partial charge on any atom is 0.238 e. The lowest BCUT2D eigenvalue weighted by atomic mass is 9.53. The van der Waals surface area contributed by atoms with Gasteiger partial charge in [-0.15, -0.1) is 0 Å². The van der Waals surface area contributed by atoms with Crippen LogP contribution in [0.5, 0.6) is 0 Å². The lowest BCUT2D eigenvalue weighted by Crippen LogP contribution is -2.61. The monoisotopic (exact) mass is 600 g/mol. The largest absolute Gasteiger partial charge is 0.391 e. The van der Waals surface area contributed by atoms with E-state index in [1.165, 1.54) is 0 Å². The first-order chi connectivity index (χ1) is 19.5. The molecule has 6 atom stereocenters. The maximum atomic E-state index is 14.5. The zero-order chi connectivity index (χ0) is 29.2. The number of ether oxygens (including phenoxy) is 1. The fourth-order valence-corrected chi connectivity index (χ4v) is 8.21. The molecule has 41 heavy (non-hydrogen) atoms. The number of aliphatic hydroxyl groups is 1. The molecule has 2 spiro atoms. The standard InChI is InChI=1S/C31H38Cl2N4O4/c1-17(38)23-7-5-20(16-41-23)35-27(39)26-25(18-8-13-34-24(33)14-18)31(30(37-26)11-9-29(2,3)10-12-30)21-6-4-19(32)15-22(21)36-28(31)40/h4,6,8,13-15,17,20,23,25-26,37-38H,5,7,9-12,16H2,1-3H3,(H,35,39)(H,36,40)/t17?,20-,23+,25+,26-,31-/m1/s1. The summed E-state index contributed by atoms with van der Waals surface area (Å²) in [6, 6.07) is 8.31. The summed E-state index contributed by atoms with van der Waals surface area (Å²) in [5, 5.41) is 20.9. The molecule has 4 heterocycles. The minimum atomic E-state index is -1.07. The second-order valence-electron chi connectivity index (χ2n) is 13.1. The van der Waals surface area contributed by atoms with Crippen molar-refractivity contribution in [2.24, 2.45) is 5.41 Å². The van der Waals surface area contributed by atoms with Gasteiger partial charge in [-0.2, -0.15) is 0 Å². The normalized spacial score (nSPS) is 32.5. The number of nitrogens with zero attached hydrogens (tertiary/aromatic N) is 1. The van der Waals surface area contributed by atoms with Gasteiger partial charge in [0.2, 0.25) is 11.8 Å². The first-order valence-corrected chi connectivity index (χ1v) is 15.3. The fourth-order valence-electron chi connectivity index (χ4n) is 7.85.